The topological polar surface area (TPSA) is 96.5 Å². The van der Waals surface area contributed by atoms with Gasteiger partial charge < -0.3 is 10.8 Å². The molecular formula is C21H21N3O3S2. The zero-order valence-electron chi connectivity index (χ0n) is 15.7. The monoisotopic (exact) mass is 427 g/mol. The number of rotatable bonds is 8. The van der Waals surface area contributed by atoms with Crippen molar-refractivity contribution in [2.24, 2.45) is 0 Å². The molecule has 1 aliphatic rings. The zero-order chi connectivity index (χ0) is 20.8. The standard InChI is InChI=1S/C21H21N3O3S2/c22-15-10-8-14(9-11-15)17-6-4-5-16(23-17)13-18-20(27)24(21(28)29-18)12-3-1-2-7-19(25)26/h4-6,8-11,13H,1-3,7,12,22H2,(H,25,26). The Labute approximate surface area is 178 Å². The van der Waals surface area contributed by atoms with Crippen LogP contribution in [0.1, 0.15) is 31.4 Å². The second-order valence-electron chi connectivity index (χ2n) is 6.61. The molecule has 0 radical (unpaired) electrons. The summed E-state index contributed by atoms with van der Waals surface area (Å²) >= 11 is 6.61. The van der Waals surface area contributed by atoms with Gasteiger partial charge in [0, 0.05) is 24.2 Å². The molecule has 3 rings (SSSR count). The second kappa shape index (κ2) is 9.67. The molecule has 3 N–H and O–H groups in total. The van der Waals surface area contributed by atoms with Crippen LogP contribution in [0.2, 0.25) is 0 Å². The van der Waals surface area contributed by atoms with E-state index in [1.807, 2.05) is 42.5 Å². The van der Waals surface area contributed by atoms with Gasteiger partial charge in [-0.1, -0.05) is 48.6 Å². The predicted molar refractivity (Wildman–Crippen MR) is 120 cm³/mol. The van der Waals surface area contributed by atoms with Gasteiger partial charge in [0.1, 0.15) is 4.32 Å². The summed E-state index contributed by atoms with van der Waals surface area (Å²) in [5, 5.41) is 8.68. The highest BCUT2D eigenvalue weighted by molar-refractivity contribution is 8.26. The summed E-state index contributed by atoms with van der Waals surface area (Å²) in [5.74, 6) is -0.926. The molecular weight excluding hydrogens is 406 g/mol. The second-order valence-corrected chi connectivity index (χ2v) is 8.28. The third kappa shape index (κ3) is 5.65. The third-order valence-electron chi connectivity index (χ3n) is 4.40. The SMILES string of the molecule is Nc1ccc(-c2cccc(C=C3SC(=S)N(CCCCCC(=O)O)C3=O)n2)cc1. The van der Waals surface area contributed by atoms with Crippen molar-refractivity contribution in [1.82, 2.24) is 9.88 Å². The molecule has 1 aromatic carbocycles. The Bertz CT molecular complexity index is 958. The van der Waals surface area contributed by atoms with Gasteiger partial charge in [0.05, 0.1) is 16.3 Å². The van der Waals surface area contributed by atoms with Gasteiger partial charge in [-0.05, 0) is 43.2 Å². The van der Waals surface area contributed by atoms with Crippen molar-refractivity contribution in [3.63, 3.8) is 0 Å². The van der Waals surface area contributed by atoms with Crippen LogP contribution in [0.25, 0.3) is 17.3 Å². The van der Waals surface area contributed by atoms with E-state index in [0.29, 0.717) is 33.6 Å². The van der Waals surface area contributed by atoms with Gasteiger partial charge in [-0.3, -0.25) is 14.5 Å². The fourth-order valence-corrected chi connectivity index (χ4v) is 4.19. The van der Waals surface area contributed by atoms with E-state index >= 15 is 0 Å². The van der Waals surface area contributed by atoms with Gasteiger partial charge in [-0.15, -0.1) is 0 Å². The summed E-state index contributed by atoms with van der Waals surface area (Å²) in [7, 11) is 0. The molecule has 0 unspecified atom stereocenters. The number of thioether (sulfide) groups is 1. The molecule has 1 fully saturated rings. The van der Waals surface area contributed by atoms with Crippen molar-refractivity contribution < 1.29 is 14.7 Å². The number of nitrogens with zero attached hydrogens (tertiary/aromatic N) is 2. The van der Waals surface area contributed by atoms with Crippen LogP contribution in [-0.2, 0) is 9.59 Å². The Morgan fingerprint density at radius 2 is 1.93 bits per heavy atom. The number of unbranched alkanes of at least 4 members (excludes halogenated alkanes) is 2. The maximum Gasteiger partial charge on any atom is 0.303 e. The molecule has 29 heavy (non-hydrogen) atoms. The summed E-state index contributed by atoms with van der Waals surface area (Å²) in [4.78, 5) is 30.0. The van der Waals surface area contributed by atoms with E-state index in [4.69, 9.17) is 23.1 Å². The Balaban J connectivity index is 1.67. The van der Waals surface area contributed by atoms with Crippen molar-refractivity contribution in [3.05, 3.63) is 53.1 Å². The van der Waals surface area contributed by atoms with Gasteiger partial charge in [-0.25, -0.2) is 4.98 Å². The van der Waals surface area contributed by atoms with Gasteiger partial charge in [-0.2, -0.15) is 0 Å². The molecule has 8 heteroatoms. The predicted octanol–water partition coefficient (Wildman–Crippen LogP) is 4.18. The Kier molecular flexibility index (Phi) is 7.00. The Hall–Kier alpha value is -2.71. The fraction of sp³-hybridized carbons (Fsp3) is 0.238. The molecule has 0 saturated carbocycles. The largest absolute Gasteiger partial charge is 0.481 e. The number of hydrogen-bond donors (Lipinski definition) is 2. The van der Waals surface area contributed by atoms with Crippen molar-refractivity contribution >= 4 is 51.9 Å². The molecule has 150 valence electrons. The average molecular weight is 428 g/mol. The molecule has 0 spiro atoms. The van der Waals surface area contributed by atoms with E-state index < -0.39 is 5.97 Å². The number of amides is 1. The minimum atomic E-state index is -0.799. The molecule has 1 aromatic heterocycles. The molecule has 2 aromatic rings. The van der Waals surface area contributed by atoms with E-state index in [1.165, 1.54) is 11.8 Å². The van der Waals surface area contributed by atoms with Gasteiger partial charge in [0.2, 0.25) is 0 Å². The van der Waals surface area contributed by atoms with Gasteiger partial charge in [0.25, 0.3) is 5.91 Å². The number of pyridine rings is 1. The van der Waals surface area contributed by atoms with Crippen LogP contribution in [0.5, 0.6) is 0 Å². The highest BCUT2D eigenvalue weighted by Crippen LogP contribution is 2.32. The van der Waals surface area contributed by atoms with Crippen LogP contribution < -0.4 is 5.73 Å². The number of anilines is 1. The number of benzene rings is 1. The van der Waals surface area contributed by atoms with Crippen LogP contribution in [0.15, 0.2) is 47.4 Å². The first-order chi connectivity index (χ1) is 13.9. The molecule has 1 saturated heterocycles. The number of aromatic nitrogens is 1. The van der Waals surface area contributed by atoms with Crippen LogP contribution >= 0.6 is 24.0 Å². The van der Waals surface area contributed by atoms with E-state index in [2.05, 4.69) is 4.98 Å². The van der Waals surface area contributed by atoms with Crippen molar-refractivity contribution in [1.29, 1.82) is 0 Å². The maximum absolute atomic E-state index is 12.7. The minimum absolute atomic E-state index is 0.127. The van der Waals surface area contributed by atoms with Crippen molar-refractivity contribution in [2.45, 2.75) is 25.7 Å². The molecule has 0 atom stereocenters. The summed E-state index contributed by atoms with van der Waals surface area (Å²) < 4.78 is 0.522. The van der Waals surface area contributed by atoms with Crippen LogP contribution in [0.4, 0.5) is 5.69 Å². The maximum atomic E-state index is 12.7. The smallest absolute Gasteiger partial charge is 0.303 e. The minimum Gasteiger partial charge on any atom is -0.481 e. The molecule has 0 bridgehead atoms. The van der Waals surface area contributed by atoms with E-state index in [1.54, 1.807) is 11.0 Å². The number of carbonyl (C=O) groups is 2. The number of nitrogens with two attached hydrogens (primary N) is 1. The lowest BCUT2D eigenvalue weighted by Gasteiger charge is -2.13. The van der Waals surface area contributed by atoms with Crippen molar-refractivity contribution in [3.8, 4) is 11.3 Å². The van der Waals surface area contributed by atoms with Crippen molar-refractivity contribution in [2.75, 3.05) is 12.3 Å². The number of carboxylic acid groups (broad SMARTS) is 1. The average Bonchev–Trinajstić information content (AvgIpc) is 2.95. The highest BCUT2D eigenvalue weighted by Gasteiger charge is 2.31. The quantitative estimate of drug-likeness (QED) is 0.282. The Morgan fingerprint density at radius 1 is 1.17 bits per heavy atom. The number of carboxylic acids is 1. The normalized spacial score (nSPS) is 15.3. The zero-order valence-corrected chi connectivity index (χ0v) is 17.3. The lowest BCUT2D eigenvalue weighted by molar-refractivity contribution is -0.137. The molecule has 0 aliphatic carbocycles. The lowest BCUT2D eigenvalue weighted by atomic mass is 10.1. The molecule has 1 amide bonds. The molecule has 6 nitrogen and oxygen atoms in total. The lowest BCUT2D eigenvalue weighted by Crippen LogP contribution is -2.29. The van der Waals surface area contributed by atoms with E-state index in [9.17, 15) is 9.59 Å². The number of thiocarbonyl (C=S) groups is 1. The summed E-state index contributed by atoms with van der Waals surface area (Å²) in [5.41, 5.74) is 8.86. The molecule has 1 aliphatic heterocycles. The summed E-state index contributed by atoms with van der Waals surface area (Å²) in [6, 6.07) is 13.1. The summed E-state index contributed by atoms with van der Waals surface area (Å²) in [6.07, 6.45) is 3.96. The number of aliphatic carboxylic acids is 1. The summed E-state index contributed by atoms with van der Waals surface area (Å²) in [6.45, 7) is 0.501. The van der Waals surface area contributed by atoms with Crippen LogP contribution in [-0.4, -0.2) is 37.7 Å². The number of hydrogen-bond acceptors (Lipinski definition) is 6. The first-order valence-corrected chi connectivity index (χ1v) is 10.5. The van der Waals surface area contributed by atoms with Gasteiger partial charge in [0.15, 0.2) is 0 Å². The molecule has 2 heterocycles. The number of nitrogen functional groups attached to an aromatic ring is 1. The Morgan fingerprint density at radius 3 is 2.66 bits per heavy atom. The first kappa shape index (κ1) is 21.0. The number of carbonyl (C=O) groups excluding carboxylic acids is 1. The van der Waals surface area contributed by atoms with E-state index in [0.717, 1.165) is 24.1 Å². The first-order valence-electron chi connectivity index (χ1n) is 9.24. The highest BCUT2D eigenvalue weighted by atomic mass is 32.2. The fourth-order valence-electron chi connectivity index (χ4n) is 2.90. The van der Waals surface area contributed by atoms with Crippen LogP contribution in [0, 0.1) is 0 Å². The van der Waals surface area contributed by atoms with E-state index in [-0.39, 0.29) is 12.3 Å². The van der Waals surface area contributed by atoms with Crippen LogP contribution in [0.3, 0.4) is 0 Å². The van der Waals surface area contributed by atoms with Gasteiger partial charge >= 0.3 is 5.97 Å². The third-order valence-corrected chi connectivity index (χ3v) is 5.78.